The van der Waals surface area contributed by atoms with Gasteiger partial charge in [0.05, 0.1) is 11.8 Å². The second-order valence-electron chi connectivity index (χ2n) is 3.87. The van der Waals surface area contributed by atoms with Gasteiger partial charge < -0.3 is 10.4 Å². The number of nitrogens with one attached hydrogen (secondary N) is 1. The predicted molar refractivity (Wildman–Crippen MR) is 51.5 cm³/mol. The van der Waals surface area contributed by atoms with Crippen LogP contribution in [0.25, 0.3) is 0 Å². The highest BCUT2D eigenvalue weighted by Gasteiger charge is 2.24. The van der Waals surface area contributed by atoms with Crippen molar-refractivity contribution < 1.29 is 5.11 Å². The van der Waals surface area contributed by atoms with E-state index in [9.17, 15) is 5.11 Å². The van der Waals surface area contributed by atoms with Crippen molar-refractivity contribution in [2.45, 2.75) is 38.0 Å². The number of aromatic nitrogens is 3. The van der Waals surface area contributed by atoms with E-state index in [-0.39, 0.29) is 12.1 Å². The van der Waals surface area contributed by atoms with E-state index in [0.717, 1.165) is 25.0 Å². The maximum absolute atomic E-state index is 9.57. The van der Waals surface area contributed by atoms with Crippen molar-refractivity contribution in [1.29, 1.82) is 0 Å². The standard InChI is InChI=1S/C9H16N4O/c1-13-6-7(11-12-13)5-10-8-3-2-4-9(8)14/h6,8-10,14H,2-5H2,1H3/t8-,9-/m1/s1. The first-order chi connectivity index (χ1) is 6.75. The summed E-state index contributed by atoms with van der Waals surface area (Å²) < 4.78 is 1.68. The normalized spacial score (nSPS) is 27.0. The molecule has 1 aliphatic carbocycles. The zero-order valence-corrected chi connectivity index (χ0v) is 8.35. The lowest BCUT2D eigenvalue weighted by Crippen LogP contribution is -2.35. The molecule has 1 saturated carbocycles. The lowest BCUT2D eigenvalue weighted by molar-refractivity contribution is 0.148. The summed E-state index contributed by atoms with van der Waals surface area (Å²) >= 11 is 0. The van der Waals surface area contributed by atoms with Crippen molar-refractivity contribution >= 4 is 0 Å². The molecule has 0 unspecified atom stereocenters. The molecule has 1 aromatic heterocycles. The zero-order valence-electron chi connectivity index (χ0n) is 8.35. The van der Waals surface area contributed by atoms with E-state index in [0.29, 0.717) is 6.54 Å². The van der Waals surface area contributed by atoms with Gasteiger partial charge >= 0.3 is 0 Å². The molecule has 0 aromatic carbocycles. The quantitative estimate of drug-likeness (QED) is 0.704. The maximum atomic E-state index is 9.57. The van der Waals surface area contributed by atoms with Gasteiger partial charge in [-0.3, -0.25) is 4.68 Å². The van der Waals surface area contributed by atoms with Gasteiger partial charge in [0.1, 0.15) is 0 Å². The highest BCUT2D eigenvalue weighted by Crippen LogP contribution is 2.18. The van der Waals surface area contributed by atoms with Crippen molar-refractivity contribution in [3.05, 3.63) is 11.9 Å². The molecule has 2 rings (SSSR count). The predicted octanol–water partition coefficient (Wildman–Crippen LogP) is -0.182. The van der Waals surface area contributed by atoms with Crippen molar-refractivity contribution in [2.75, 3.05) is 0 Å². The molecular formula is C9H16N4O. The van der Waals surface area contributed by atoms with E-state index in [1.165, 1.54) is 0 Å². The molecule has 0 bridgehead atoms. The van der Waals surface area contributed by atoms with Gasteiger partial charge in [-0.15, -0.1) is 5.10 Å². The molecule has 0 saturated heterocycles. The average molecular weight is 196 g/mol. The monoisotopic (exact) mass is 196 g/mol. The largest absolute Gasteiger partial charge is 0.392 e. The number of nitrogens with zero attached hydrogens (tertiary/aromatic N) is 3. The third kappa shape index (κ3) is 2.10. The molecule has 78 valence electrons. The van der Waals surface area contributed by atoms with Crippen LogP contribution in [0.1, 0.15) is 25.0 Å². The first-order valence-electron chi connectivity index (χ1n) is 5.02. The van der Waals surface area contributed by atoms with Gasteiger partial charge in [0.2, 0.25) is 0 Å². The Morgan fingerprint density at radius 1 is 1.64 bits per heavy atom. The van der Waals surface area contributed by atoms with E-state index < -0.39 is 0 Å². The Labute approximate surface area is 83.1 Å². The number of hydrogen-bond acceptors (Lipinski definition) is 4. The lowest BCUT2D eigenvalue weighted by atomic mass is 10.2. The van der Waals surface area contributed by atoms with Crippen LogP contribution in [-0.2, 0) is 13.6 Å². The SMILES string of the molecule is Cn1cc(CN[C@@H]2CCC[C@H]2O)nn1. The first kappa shape index (κ1) is 9.61. The molecular weight excluding hydrogens is 180 g/mol. The number of aliphatic hydroxyl groups is 1. The fourth-order valence-corrected chi connectivity index (χ4v) is 1.89. The highest BCUT2D eigenvalue weighted by molar-refractivity contribution is 4.93. The molecule has 1 aliphatic rings. The Morgan fingerprint density at radius 2 is 2.50 bits per heavy atom. The number of aryl methyl sites for hydroxylation is 1. The highest BCUT2D eigenvalue weighted by atomic mass is 16.3. The van der Waals surface area contributed by atoms with E-state index >= 15 is 0 Å². The molecule has 5 nitrogen and oxygen atoms in total. The second-order valence-corrected chi connectivity index (χ2v) is 3.87. The zero-order chi connectivity index (χ0) is 9.97. The summed E-state index contributed by atoms with van der Waals surface area (Å²) in [5.41, 5.74) is 0.923. The smallest absolute Gasteiger partial charge is 0.0964 e. The Hall–Kier alpha value is -0.940. The minimum absolute atomic E-state index is 0.188. The molecule has 1 fully saturated rings. The maximum Gasteiger partial charge on any atom is 0.0964 e. The van der Waals surface area contributed by atoms with Crippen LogP contribution in [0.5, 0.6) is 0 Å². The van der Waals surface area contributed by atoms with E-state index in [1.54, 1.807) is 4.68 Å². The van der Waals surface area contributed by atoms with Crippen molar-refractivity contribution in [2.24, 2.45) is 7.05 Å². The number of rotatable bonds is 3. The fraction of sp³-hybridized carbons (Fsp3) is 0.778. The average Bonchev–Trinajstić information content (AvgIpc) is 2.72. The van der Waals surface area contributed by atoms with Gasteiger partial charge in [-0.2, -0.15) is 0 Å². The first-order valence-corrected chi connectivity index (χ1v) is 5.02. The van der Waals surface area contributed by atoms with Crippen LogP contribution in [0, 0.1) is 0 Å². The van der Waals surface area contributed by atoms with Crippen molar-refractivity contribution in [1.82, 2.24) is 20.3 Å². The van der Waals surface area contributed by atoms with Gasteiger partial charge in [-0.25, -0.2) is 0 Å². The van der Waals surface area contributed by atoms with Crippen molar-refractivity contribution in [3.63, 3.8) is 0 Å². The van der Waals surface area contributed by atoms with Crippen LogP contribution < -0.4 is 5.32 Å². The summed E-state index contributed by atoms with van der Waals surface area (Å²) in [6.45, 7) is 0.690. The van der Waals surface area contributed by atoms with Crippen LogP contribution in [0.2, 0.25) is 0 Å². The van der Waals surface area contributed by atoms with Gasteiger partial charge in [0.15, 0.2) is 0 Å². The van der Waals surface area contributed by atoms with Crippen LogP contribution in [0.15, 0.2) is 6.20 Å². The summed E-state index contributed by atoms with van der Waals surface area (Å²) in [6, 6.07) is 0.233. The molecule has 1 heterocycles. The Morgan fingerprint density at radius 3 is 3.07 bits per heavy atom. The Balaban J connectivity index is 1.82. The molecule has 0 spiro atoms. The van der Waals surface area contributed by atoms with Gasteiger partial charge in [-0.1, -0.05) is 5.21 Å². The van der Waals surface area contributed by atoms with Crippen LogP contribution in [-0.4, -0.2) is 32.2 Å². The van der Waals surface area contributed by atoms with Crippen molar-refractivity contribution in [3.8, 4) is 0 Å². The Kier molecular flexibility index (Phi) is 2.79. The molecule has 2 atom stereocenters. The summed E-state index contributed by atoms with van der Waals surface area (Å²) in [5.74, 6) is 0. The minimum atomic E-state index is -0.188. The fourth-order valence-electron chi connectivity index (χ4n) is 1.89. The van der Waals surface area contributed by atoms with Gasteiger partial charge in [0.25, 0.3) is 0 Å². The summed E-state index contributed by atoms with van der Waals surface area (Å²) in [7, 11) is 1.85. The van der Waals surface area contributed by atoms with Gasteiger partial charge in [0, 0.05) is 25.8 Å². The van der Waals surface area contributed by atoms with E-state index in [2.05, 4.69) is 15.6 Å². The lowest BCUT2D eigenvalue weighted by Gasteiger charge is -2.14. The molecule has 1 aromatic rings. The third-order valence-corrected chi connectivity index (χ3v) is 2.67. The second kappa shape index (κ2) is 4.06. The minimum Gasteiger partial charge on any atom is -0.392 e. The van der Waals surface area contributed by atoms with E-state index in [4.69, 9.17) is 0 Å². The molecule has 0 aliphatic heterocycles. The third-order valence-electron chi connectivity index (χ3n) is 2.67. The molecule has 14 heavy (non-hydrogen) atoms. The van der Waals surface area contributed by atoms with E-state index in [1.807, 2.05) is 13.2 Å². The summed E-state index contributed by atoms with van der Waals surface area (Å²) in [4.78, 5) is 0. The number of hydrogen-bond donors (Lipinski definition) is 2. The summed E-state index contributed by atoms with van der Waals surface area (Å²) in [6.07, 6.45) is 4.78. The van der Waals surface area contributed by atoms with Crippen LogP contribution in [0.4, 0.5) is 0 Å². The molecule has 0 amide bonds. The summed E-state index contributed by atoms with van der Waals surface area (Å²) in [5, 5.41) is 20.7. The molecule has 0 radical (unpaired) electrons. The van der Waals surface area contributed by atoms with Crippen LogP contribution >= 0.6 is 0 Å². The molecule has 5 heteroatoms. The topological polar surface area (TPSA) is 63.0 Å². The number of aliphatic hydroxyl groups excluding tert-OH is 1. The van der Waals surface area contributed by atoms with Crippen LogP contribution in [0.3, 0.4) is 0 Å². The Bertz CT molecular complexity index is 299. The van der Waals surface area contributed by atoms with Gasteiger partial charge in [-0.05, 0) is 19.3 Å². The molecule has 2 N–H and O–H groups in total.